The molecule has 0 atom stereocenters. The molecule has 0 aliphatic rings. The molecule has 0 radical (unpaired) electrons. The van der Waals surface area contributed by atoms with Gasteiger partial charge < -0.3 is 0 Å². The van der Waals surface area contributed by atoms with Crippen LogP contribution in [0.5, 0.6) is 0 Å². The van der Waals surface area contributed by atoms with Gasteiger partial charge >= 0.3 is 0 Å². The van der Waals surface area contributed by atoms with Crippen molar-refractivity contribution in [3.8, 4) is 0 Å². The van der Waals surface area contributed by atoms with Crippen molar-refractivity contribution in [2.75, 3.05) is 0 Å². The summed E-state index contributed by atoms with van der Waals surface area (Å²) in [5.41, 5.74) is 4.33. The van der Waals surface area contributed by atoms with E-state index in [1.165, 1.54) is 31.1 Å². The fraction of sp³-hybridized carbons (Fsp3) is 0. The van der Waals surface area contributed by atoms with Crippen LogP contribution in [0.3, 0.4) is 0 Å². The van der Waals surface area contributed by atoms with Crippen LogP contribution in [-0.2, 0) is 0 Å². The molecule has 0 fully saturated rings. The van der Waals surface area contributed by atoms with Gasteiger partial charge in [0.25, 0.3) is 0 Å². The average Bonchev–Trinajstić information content (AvgIpc) is 3.31. The summed E-state index contributed by atoms with van der Waals surface area (Å²) in [4.78, 5) is 9.37. The maximum atomic E-state index is 4.95. The highest BCUT2D eigenvalue weighted by molar-refractivity contribution is 7.25. The SMILES string of the molecule is c1ccc2c(c1)nc1c3ccncc3c3cc4c(cc3n21)sc1ccccc14. The summed E-state index contributed by atoms with van der Waals surface area (Å²) in [6.07, 6.45) is 3.82. The number of aromatic nitrogens is 3. The van der Waals surface area contributed by atoms with Gasteiger partial charge in [0.1, 0.15) is 5.65 Å². The van der Waals surface area contributed by atoms with E-state index in [1.54, 1.807) is 0 Å². The third-order valence-corrected chi connectivity index (χ3v) is 6.78. The molecule has 4 aromatic heterocycles. The van der Waals surface area contributed by atoms with Gasteiger partial charge in [-0.3, -0.25) is 9.38 Å². The molecular weight excluding hydrogens is 362 g/mol. The molecule has 0 N–H and O–H groups in total. The second-order valence-electron chi connectivity index (χ2n) is 7.14. The van der Waals surface area contributed by atoms with E-state index in [0.717, 1.165) is 27.5 Å². The van der Waals surface area contributed by atoms with Crippen LogP contribution in [0.1, 0.15) is 0 Å². The summed E-state index contributed by atoms with van der Waals surface area (Å²) >= 11 is 1.85. The van der Waals surface area contributed by atoms with Gasteiger partial charge in [-0.05, 0) is 36.4 Å². The number of nitrogens with zero attached hydrogens (tertiary/aromatic N) is 3. The first kappa shape index (κ1) is 14.5. The number of thiophene rings is 1. The standard InChI is InChI=1S/C24H13N3S/c1-4-8-22-14(5-1)17-11-16-18-13-25-10-9-15(18)24-26-19-6-2-3-7-20(19)27(24)21(16)12-23(17)28-22/h1-13H. The molecular formula is C24H13N3S. The van der Waals surface area contributed by atoms with Gasteiger partial charge in [0.05, 0.1) is 16.6 Å². The van der Waals surface area contributed by atoms with Crippen LogP contribution in [0.25, 0.3) is 58.5 Å². The Bertz CT molecular complexity index is 1720. The van der Waals surface area contributed by atoms with Crippen molar-refractivity contribution in [2.45, 2.75) is 0 Å². The predicted molar refractivity (Wildman–Crippen MR) is 118 cm³/mol. The lowest BCUT2D eigenvalue weighted by Crippen LogP contribution is -1.92. The zero-order chi connectivity index (χ0) is 18.2. The Morgan fingerprint density at radius 1 is 0.679 bits per heavy atom. The molecule has 7 rings (SSSR count). The Kier molecular flexibility index (Phi) is 2.63. The van der Waals surface area contributed by atoms with Crippen LogP contribution in [-0.4, -0.2) is 14.4 Å². The quantitative estimate of drug-likeness (QED) is 0.281. The lowest BCUT2D eigenvalue weighted by atomic mass is 10.0. The first-order valence-corrected chi connectivity index (χ1v) is 10.1. The van der Waals surface area contributed by atoms with Gasteiger partial charge in [0.15, 0.2) is 0 Å². The minimum atomic E-state index is 0.992. The molecule has 0 unspecified atom stereocenters. The van der Waals surface area contributed by atoms with Crippen LogP contribution in [0, 0.1) is 0 Å². The van der Waals surface area contributed by atoms with Crippen molar-refractivity contribution in [3.05, 3.63) is 79.1 Å². The van der Waals surface area contributed by atoms with Crippen LogP contribution in [0.4, 0.5) is 0 Å². The molecule has 0 saturated carbocycles. The number of para-hydroxylation sites is 2. The number of imidazole rings is 1. The lowest BCUT2D eigenvalue weighted by molar-refractivity contribution is 1.31. The normalized spacial score (nSPS) is 12.3. The zero-order valence-corrected chi connectivity index (χ0v) is 15.6. The maximum Gasteiger partial charge on any atom is 0.146 e. The van der Waals surface area contributed by atoms with E-state index in [4.69, 9.17) is 4.98 Å². The van der Waals surface area contributed by atoms with Crippen molar-refractivity contribution in [2.24, 2.45) is 0 Å². The van der Waals surface area contributed by atoms with Crippen molar-refractivity contribution >= 4 is 69.9 Å². The second-order valence-corrected chi connectivity index (χ2v) is 8.23. The number of pyridine rings is 2. The number of hydrogen-bond acceptors (Lipinski definition) is 3. The molecule has 0 aliphatic heterocycles. The van der Waals surface area contributed by atoms with E-state index in [-0.39, 0.29) is 0 Å². The third kappa shape index (κ3) is 1.73. The topological polar surface area (TPSA) is 30.2 Å². The Balaban J connectivity index is 1.85. The van der Waals surface area contributed by atoms with Gasteiger partial charge in [-0.25, -0.2) is 4.98 Å². The van der Waals surface area contributed by atoms with Gasteiger partial charge in [0, 0.05) is 48.7 Å². The van der Waals surface area contributed by atoms with E-state index in [9.17, 15) is 0 Å². The fourth-order valence-electron chi connectivity index (χ4n) is 4.42. The molecule has 4 heteroatoms. The largest absolute Gasteiger partial charge is 0.292 e. The third-order valence-electron chi connectivity index (χ3n) is 5.65. The summed E-state index contributed by atoms with van der Waals surface area (Å²) < 4.78 is 4.93. The smallest absolute Gasteiger partial charge is 0.146 e. The van der Waals surface area contributed by atoms with E-state index in [2.05, 4.69) is 70.0 Å². The van der Waals surface area contributed by atoms with Gasteiger partial charge in [-0.15, -0.1) is 11.3 Å². The van der Waals surface area contributed by atoms with Crippen LogP contribution >= 0.6 is 11.3 Å². The monoisotopic (exact) mass is 375 g/mol. The molecule has 0 bridgehead atoms. The molecule has 4 heterocycles. The molecule has 3 nitrogen and oxygen atoms in total. The van der Waals surface area contributed by atoms with Crippen LogP contribution in [0.15, 0.2) is 79.1 Å². The maximum absolute atomic E-state index is 4.95. The summed E-state index contributed by atoms with van der Waals surface area (Å²) in [6.45, 7) is 0. The van der Waals surface area contributed by atoms with Crippen molar-refractivity contribution < 1.29 is 0 Å². The lowest BCUT2D eigenvalue weighted by Gasteiger charge is -2.09. The van der Waals surface area contributed by atoms with Gasteiger partial charge in [-0.2, -0.15) is 0 Å². The molecule has 0 aliphatic carbocycles. The molecule has 28 heavy (non-hydrogen) atoms. The van der Waals surface area contributed by atoms with Crippen LogP contribution < -0.4 is 0 Å². The molecule has 3 aromatic carbocycles. The summed E-state index contributed by atoms with van der Waals surface area (Å²) in [6, 6.07) is 23.7. The first-order valence-electron chi connectivity index (χ1n) is 9.26. The Hall–Kier alpha value is -3.50. The Morgan fingerprint density at radius 3 is 2.57 bits per heavy atom. The fourth-order valence-corrected chi connectivity index (χ4v) is 5.54. The zero-order valence-electron chi connectivity index (χ0n) is 14.8. The predicted octanol–water partition coefficient (Wildman–Crippen LogP) is 6.56. The molecule has 130 valence electrons. The average molecular weight is 375 g/mol. The molecule has 0 amide bonds. The molecule has 0 spiro atoms. The van der Waals surface area contributed by atoms with Gasteiger partial charge in [-0.1, -0.05) is 30.3 Å². The Labute approximate surface area is 163 Å². The van der Waals surface area contributed by atoms with Crippen molar-refractivity contribution in [1.82, 2.24) is 14.4 Å². The first-order chi connectivity index (χ1) is 13.9. The van der Waals surface area contributed by atoms with E-state index in [0.29, 0.717) is 0 Å². The molecule has 0 saturated heterocycles. The minimum Gasteiger partial charge on any atom is -0.292 e. The van der Waals surface area contributed by atoms with Crippen molar-refractivity contribution in [1.29, 1.82) is 0 Å². The van der Waals surface area contributed by atoms with Crippen LogP contribution in [0.2, 0.25) is 0 Å². The minimum absolute atomic E-state index is 0.992. The Morgan fingerprint density at radius 2 is 1.57 bits per heavy atom. The number of benzene rings is 3. The second kappa shape index (κ2) is 5.06. The number of fused-ring (bicyclic) bond motifs is 11. The summed E-state index contributed by atoms with van der Waals surface area (Å²) in [5.74, 6) is 0. The highest BCUT2D eigenvalue weighted by Crippen LogP contribution is 2.39. The number of hydrogen-bond donors (Lipinski definition) is 0. The van der Waals surface area contributed by atoms with E-state index < -0.39 is 0 Å². The number of rotatable bonds is 0. The summed E-state index contributed by atoms with van der Waals surface area (Å²) in [5, 5.41) is 6.13. The highest BCUT2D eigenvalue weighted by atomic mass is 32.1. The van der Waals surface area contributed by atoms with E-state index in [1.807, 2.05) is 29.8 Å². The van der Waals surface area contributed by atoms with Gasteiger partial charge in [0.2, 0.25) is 0 Å². The van der Waals surface area contributed by atoms with E-state index >= 15 is 0 Å². The van der Waals surface area contributed by atoms with Crippen molar-refractivity contribution in [3.63, 3.8) is 0 Å². The summed E-state index contributed by atoms with van der Waals surface area (Å²) in [7, 11) is 0. The molecule has 7 aromatic rings. The highest BCUT2D eigenvalue weighted by Gasteiger charge is 2.15.